The van der Waals surface area contributed by atoms with Gasteiger partial charge in [0.25, 0.3) is 5.91 Å². The summed E-state index contributed by atoms with van der Waals surface area (Å²) in [4.78, 5) is 12.4. The van der Waals surface area contributed by atoms with Gasteiger partial charge in [0.15, 0.2) is 0 Å². The highest BCUT2D eigenvalue weighted by Gasteiger charge is 2.14. The molecule has 0 atom stereocenters. The number of nitrogens with one attached hydrogen (secondary N) is 1. The number of para-hydroxylation sites is 1. The molecule has 2 N–H and O–H groups in total. The number of hydrogen-bond acceptors (Lipinski definition) is 4. The van der Waals surface area contributed by atoms with E-state index in [0.717, 1.165) is 10.0 Å². The molecule has 0 saturated heterocycles. The van der Waals surface area contributed by atoms with Crippen LogP contribution in [0.5, 0.6) is 11.5 Å². The summed E-state index contributed by atoms with van der Waals surface area (Å²) in [6.45, 7) is 7.44. The van der Waals surface area contributed by atoms with Crippen LogP contribution in [0.3, 0.4) is 0 Å². The van der Waals surface area contributed by atoms with E-state index in [0.29, 0.717) is 23.3 Å². The van der Waals surface area contributed by atoms with E-state index in [4.69, 9.17) is 4.74 Å². The van der Waals surface area contributed by atoms with Gasteiger partial charge in [-0.2, -0.15) is 5.10 Å². The normalized spacial score (nSPS) is 10.9. The molecular weight excluding hydrogens is 396 g/mol. The van der Waals surface area contributed by atoms with Crippen molar-refractivity contribution in [2.75, 3.05) is 0 Å². The lowest BCUT2D eigenvalue weighted by Crippen LogP contribution is -2.20. The molecule has 2 aromatic carbocycles. The fourth-order valence-electron chi connectivity index (χ4n) is 2.29. The number of ether oxygens (including phenoxy) is 1. The molecule has 0 aliphatic rings. The lowest BCUT2D eigenvalue weighted by molar-refractivity contribution is 0.0949. The van der Waals surface area contributed by atoms with Crippen LogP contribution < -0.4 is 10.2 Å². The first kappa shape index (κ1) is 19.7. The van der Waals surface area contributed by atoms with Gasteiger partial charge >= 0.3 is 0 Å². The second-order valence-corrected chi connectivity index (χ2v) is 6.77. The number of amides is 1. The summed E-state index contributed by atoms with van der Waals surface area (Å²) in [6.07, 6.45) is 3.60. The van der Waals surface area contributed by atoms with Gasteiger partial charge in [-0.25, -0.2) is 5.43 Å². The van der Waals surface area contributed by atoms with E-state index < -0.39 is 5.91 Å². The molecule has 6 heteroatoms. The smallest absolute Gasteiger partial charge is 0.275 e. The Kier molecular flexibility index (Phi) is 6.97. The van der Waals surface area contributed by atoms with Gasteiger partial charge in [0.05, 0.1) is 17.9 Å². The highest BCUT2D eigenvalue weighted by molar-refractivity contribution is 9.10. The van der Waals surface area contributed by atoms with Crippen molar-refractivity contribution < 1.29 is 14.6 Å². The number of hydrazone groups is 1. The molecule has 0 bridgehead atoms. The number of phenols is 1. The first-order valence-corrected chi connectivity index (χ1v) is 8.93. The Bertz CT molecular complexity index is 832. The SMILES string of the molecule is C=CCc1cccc(/C=N/NC(=O)c2cc(Br)ccc2OC(C)C)c1O. The number of aromatic hydroxyl groups is 1. The molecule has 0 aliphatic heterocycles. The van der Waals surface area contributed by atoms with Crippen LogP contribution in [0.2, 0.25) is 0 Å². The molecule has 5 nitrogen and oxygen atoms in total. The van der Waals surface area contributed by atoms with E-state index in [9.17, 15) is 9.90 Å². The summed E-state index contributed by atoms with van der Waals surface area (Å²) in [5.41, 5.74) is 4.09. The van der Waals surface area contributed by atoms with Crippen molar-refractivity contribution in [3.8, 4) is 11.5 Å². The van der Waals surface area contributed by atoms with Gasteiger partial charge < -0.3 is 9.84 Å². The Balaban J connectivity index is 2.16. The summed E-state index contributed by atoms with van der Waals surface area (Å²) < 4.78 is 6.43. The molecule has 0 unspecified atom stereocenters. The molecule has 0 heterocycles. The molecule has 0 aromatic heterocycles. The minimum absolute atomic E-state index is 0.0595. The summed E-state index contributed by atoms with van der Waals surface area (Å²) in [5, 5.41) is 14.2. The van der Waals surface area contributed by atoms with Gasteiger partial charge in [-0.15, -0.1) is 6.58 Å². The molecule has 1 amide bonds. The van der Waals surface area contributed by atoms with Crippen molar-refractivity contribution in [3.63, 3.8) is 0 Å². The molecule has 26 heavy (non-hydrogen) atoms. The average Bonchev–Trinajstić information content (AvgIpc) is 2.59. The van der Waals surface area contributed by atoms with E-state index in [1.807, 2.05) is 26.0 Å². The maximum Gasteiger partial charge on any atom is 0.275 e. The lowest BCUT2D eigenvalue weighted by Gasteiger charge is -2.13. The van der Waals surface area contributed by atoms with Gasteiger partial charge in [0.1, 0.15) is 11.5 Å². The first-order valence-electron chi connectivity index (χ1n) is 8.13. The van der Waals surface area contributed by atoms with Gasteiger partial charge in [-0.05, 0) is 50.1 Å². The summed E-state index contributed by atoms with van der Waals surface area (Å²) >= 11 is 3.35. The molecule has 0 fully saturated rings. The second kappa shape index (κ2) is 9.20. The second-order valence-electron chi connectivity index (χ2n) is 5.85. The van der Waals surface area contributed by atoms with Gasteiger partial charge in [0, 0.05) is 10.0 Å². The molecular formula is C20H21BrN2O3. The summed E-state index contributed by atoms with van der Waals surface area (Å²) in [7, 11) is 0. The van der Waals surface area contributed by atoms with Crippen molar-refractivity contribution in [2.45, 2.75) is 26.4 Å². The summed E-state index contributed by atoms with van der Waals surface area (Å²) in [6, 6.07) is 10.5. The fourth-order valence-corrected chi connectivity index (χ4v) is 2.65. The van der Waals surface area contributed by atoms with Crippen molar-refractivity contribution in [2.24, 2.45) is 5.10 Å². The quantitative estimate of drug-likeness (QED) is 0.398. The number of allylic oxidation sites excluding steroid dienone is 1. The lowest BCUT2D eigenvalue weighted by atomic mass is 10.1. The van der Waals surface area contributed by atoms with Crippen LogP contribution in [0.1, 0.15) is 35.3 Å². The highest BCUT2D eigenvalue weighted by Crippen LogP contribution is 2.24. The minimum atomic E-state index is -0.403. The number of hydrogen-bond donors (Lipinski definition) is 2. The fraction of sp³-hybridized carbons (Fsp3) is 0.200. The van der Waals surface area contributed by atoms with Crippen molar-refractivity contribution >= 4 is 28.1 Å². The number of halogens is 1. The third kappa shape index (κ3) is 5.20. The van der Waals surface area contributed by atoms with Crippen LogP contribution >= 0.6 is 15.9 Å². The van der Waals surface area contributed by atoms with E-state index >= 15 is 0 Å². The molecule has 0 aliphatic carbocycles. The Morgan fingerprint density at radius 2 is 2.15 bits per heavy atom. The maximum atomic E-state index is 12.4. The Hall–Kier alpha value is -2.60. The van der Waals surface area contributed by atoms with E-state index in [1.54, 1.807) is 30.3 Å². The number of benzene rings is 2. The monoisotopic (exact) mass is 416 g/mol. The van der Waals surface area contributed by atoms with Crippen LogP contribution in [0.15, 0.2) is 58.6 Å². The van der Waals surface area contributed by atoms with Crippen molar-refractivity contribution in [1.29, 1.82) is 0 Å². The standard InChI is InChI=1S/C20H21BrN2O3/c1-4-6-14-7-5-8-15(19(14)24)12-22-23-20(25)17-11-16(21)9-10-18(17)26-13(2)3/h4-5,7-13,24H,1,6H2,2-3H3,(H,23,25)/b22-12+. The predicted molar refractivity (Wildman–Crippen MR) is 107 cm³/mol. The largest absolute Gasteiger partial charge is 0.507 e. The molecule has 2 rings (SSSR count). The van der Waals surface area contributed by atoms with E-state index in [1.165, 1.54) is 6.21 Å². The number of rotatable bonds is 7. The number of phenolic OH excluding ortho intramolecular Hbond substituents is 1. The Labute approximate surface area is 161 Å². The minimum Gasteiger partial charge on any atom is -0.507 e. The van der Waals surface area contributed by atoms with Crippen LogP contribution in [0.4, 0.5) is 0 Å². The number of carbonyl (C=O) groups excluding carboxylic acids is 1. The predicted octanol–water partition coefficient (Wildman–Crippen LogP) is 4.43. The number of carbonyl (C=O) groups is 1. The molecule has 2 aromatic rings. The third-order valence-electron chi connectivity index (χ3n) is 3.43. The molecule has 0 radical (unpaired) electrons. The number of nitrogens with zero attached hydrogens (tertiary/aromatic N) is 1. The van der Waals surface area contributed by atoms with Gasteiger partial charge in [-0.1, -0.05) is 34.1 Å². The molecule has 0 spiro atoms. The zero-order valence-electron chi connectivity index (χ0n) is 14.7. The molecule has 136 valence electrons. The zero-order valence-corrected chi connectivity index (χ0v) is 16.3. The van der Waals surface area contributed by atoms with E-state index in [2.05, 4.69) is 33.0 Å². The summed E-state index contributed by atoms with van der Waals surface area (Å²) in [5.74, 6) is 0.198. The average molecular weight is 417 g/mol. The van der Waals surface area contributed by atoms with Gasteiger partial charge in [0.2, 0.25) is 0 Å². The highest BCUT2D eigenvalue weighted by atomic mass is 79.9. The Morgan fingerprint density at radius 3 is 2.85 bits per heavy atom. The van der Waals surface area contributed by atoms with E-state index in [-0.39, 0.29) is 11.9 Å². The maximum absolute atomic E-state index is 12.4. The van der Waals surface area contributed by atoms with Crippen LogP contribution in [-0.4, -0.2) is 23.3 Å². The van der Waals surface area contributed by atoms with Crippen LogP contribution in [0, 0.1) is 0 Å². The van der Waals surface area contributed by atoms with Gasteiger partial charge in [-0.3, -0.25) is 4.79 Å². The first-order chi connectivity index (χ1) is 12.4. The zero-order chi connectivity index (χ0) is 19.1. The Morgan fingerprint density at radius 1 is 1.38 bits per heavy atom. The van der Waals surface area contributed by atoms with Crippen LogP contribution in [-0.2, 0) is 6.42 Å². The third-order valence-corrected chi connectivity index (χ3v) is 3.93. The van der Waals surface area contributed by atoms with Crippen LogP contribution in [0.25, 0.3) is 0 Å². The van der Waals surface area contributed by atoms with Crippen molar-refractivity contribution in [1.82, 2.24) is 5.43 Å². The molecule has 0 saturated carbocycles. The van der Waals surface area contributed by atoms with Crippen molar-refractivity contribution in [3.05, 3.63) is 70.2 Å². The topological polar surface area (TPSA) is 70.9 Å².